The predicted octanol–water partition coefficient (Wildman–Crippen LogP) is 4.24. The van der Waals surface area contributed by atoms with Gasteiger partial charge in [-0.15, -0.1) is 0 Å². The Bertz CT molecular complexity index is 1090. The number of nitriles is 3. The molecule has 0 bridgehead atoms. The highest BCUT2D eigenvalue weighted by Crippen LogP contribution is 2.40. The average molecular weight is 432 g/mol. The zero-order valence-electron chi connectivity index (χ0n) is 18.0. The first-order chi connectivity index (χ1) is 15.2. The van der Waals surface area contributed by atoms with Gasteiger partial charge in [0.15, 0.2) is 11.3 Å². The van der Waals surface area contributed by atoms with E-state index in [9.17, 15) is 20.6 Å². The normalized spacial score (nSPS) is 14.4. The molecule has 1 aliphatic rings. The highest BCUT2D eigenvalue weighted by Gasteiger charge is 2.38. The van der Waals surface area contributed by atoms with Crippen LogP contribution in [0, 0.1) is 34.0 Å². The number of unbranched alkanes of at least 4 members (excludes halogenated alkanes) is 2. The second-order valence-corrected chi connectivity index (χ2v) is 7.59. The fourth-order valence-corrected chi connectivity index (χ4v) is 3.26. The molecule has 32 heavy (non-hydrogen) atoms. The van der Waals surface area contributed by atoms with Gasteiger partial charge >= 0.3 is 5.97 Å². The molecule has 0 saturated heterocycles. The third-order valence-electron chi connectivity index (χ3n) is 4.85. The van der Waals surface area contributed by atoms with Crippen molar-refractivity contribution in [2.75, 3.05) is 12.3 Å². The lowest BCUT2D eigenvalue weighted by molar-refractivity contribution is -0.137. The van der Waals surface area contributed by atoms with Crippen molar-refractivity contribution in [2.45, 2.75) is 45.1 Å². The van der Waals surface area contributed by atoms with Crippen LogP contribution in [0.3, 0.4) is 0 Å². The maximum Gasteiger partial charge on any atom is 0.303 e. The van der Waals surface area contributed by atoms with Crippen molar-refractivity contribution in [1.29, 1.82) is 15.8 Å². The minimum atomic E-state index is -0.915. The summed E-state index contributed by atoms with van der Waals surface area (Å²) in [6, 6.07) is 10.9. The van der Waals surface area contributed by atoms with Crippen LogP contribution in [0.15, 0.2) is 46.8 Å². The second kappa shape index (κ2) is 10.7. The van der Waals surface area contributed by atoms with Crippen LogP contribution < -0.4 is 10.5 Å². The van der Waals surface area contributed by atoms with E-state index in [1.165, 1.54) is 0 Å². The van der Waals surface area contributed by atoms with Gasteiger partial charge in [0.25, 0.3) is 0 Å². The molecule has 0 amide bonds. The first kappa shape index (κ1) is 24.1. The molecule has 8 nitrogen and oxygen atoms in total. The molecule has 3 N–H and O–H groups in total. The SMILES string of the molecule is CC1(C)OC(=C(C#N)C#N)C(C#N)=C1/C=C/c1cccc(N)c1OCCCCCC(=O)O. The molecule has 2 rings (SSSR count). The Balaban J connectivity index is 2.29. The number of anilines is 1. The van der Waals surface area contributed by atoms with E-state index >= 15 is 0 Å². The third-order valence-corrected chi connectivity index (χ3v) is 4.85. The Labute approximate surface area is 187 Å². The first-order valence-electron chi connectivity index (χ1n) is 10.0. The molecule has 8 heteroatoms. The van der Waals surface area contributed by atoms with Crippen molar-refractivity contribution in [1.82, 2.24) is 0 Å². The van der Waals surface area contributed by atoms with Crippen molar-refractivity contribution in [3.63, 3.8) is 0 Å². The topological polar surface area (TPSA) is 153 Å². The zero-order valence-corrected chi connectivity index (χ0v) is 18.0. The van der Waals surface area contributed by atoms with Crippen LogP contribution in [0.5, 0.6) is 5.75 Å². The van der Waals surface area contributed by atoms with Crippen LogP contribution in [-0.2, 0) is 9.53 Å². The number of para-hydroxylation sites is 1. The molecule has 0 spiro atoms. The summed E-state index contributed by atoms with van der Waals surface area (Å²) in [7, 11) is 0. The van der Waals surface area contributed by atoms with E-state index < -0.39 is 11.6 Å². The molecule has 1 aromatic rings. The smallest absolute Gasteiger partial charge is 0.303 e. The number of carboxylic acids is 1. The maximum atomic E-state index is 10.6. The standard InChI is InChI=1S/C24H24N4O4/c1-24(2)19(18(15-27)22(32-24)17(13-25)14-26)11-10-16-7-6-8-20(28)23(16)31-12-5-3-4-9-21(29)30/h6-8,10-11H,3-5,9,12,28H2,1-2H3,(H,29,30)/b11-10+. The molecule has 0 radical (unpaired) electrons. The summed E-state index contributed by atoms with van der Waals surface area (Å²) in [6.45, 7) is 3.88. The number of allylic oxidation sites excluding steroid dienone is 2. The fraction of sp³-hybridized carbons (Fsp3) is 0.333. The van der Waals surface area contributed by atoms with E-state index in [1.807, 2.05) is 12.1 Å². The number of hydrogen-bond acceptors (Lipinski definition) is 7. The second-order valence-electron chi connectivity index (χ2n) is 7.59. The third kappa shape index (κ3) is 5.68. The summed E-state index contributed by atoms with van der Waals surface area (Å²) in [5.74, 6) is -0.346. The van der Waals surface area contributed by atoms with Crippen LogP contribution in [0.25, 0.3) is 6.08 Å². The number of hydrogen-bond donors (Lipinski definition) is 2. The molecule has 164 valence electrons. The molecule has 0 atom stereocenters. The summed E-state index contributed by atoms with van der Waals surface area (Å²) in [6.07, 6.45) is 5.57. The number of ether oxygens (including phenoxy) is 2. The molecular formula is C24H24N4O4. The van der Waals surface area contributed by atoms with Crippen molar-refractivity contribution in [2.24, 2.45) is 0 Å². The van der Waals surface area contributed by atoms with Gasteiger partial charge in [-0.2, -0.15) is 15.8 Å². The Kier molecular flexibility index (Phi) is 8.04. The van der Waals surface area contributed by atoms with Crippen LogP contribution in [0.2, 0.25) is 0 Å². The Morgan fingerprint density at radius 1 is 1.19 bits per heavy atom. The van der Waals surface area contributed by atoms with E-state index in [0.717, 1.165) is 6.42 Å². The van der Waals surface area contributed by atoms with Crippen molar-refractivity contribution < 1.29 is 19.4 Å². The predicted molar refractivity (Wildman–Crippen MR) is 118 cm³/mol. The van der Waals surface area contributed by atoms with Gasteiger partial charge < -0.3 is 20.3 Å². The van der Waals surface area contributed by atoms with Gasteiger partial charge in [-0.05, 0) is 39.2 Å². The highest BCUT2D eigenvalue weighted by molar-refractivity contribution is 5.71. The van der Waals surface area contributed by atoms with Gasteiger partial charge in [-0.1, -0.05) is 24.3 Å². The van der Waals surface area contributed by atoms with Gasteiger partial charge in [-0.3, -0.25) is 4.79 Å². The van der Waals surface area contributed by atoms with Gasteiger partial charge in [-0.25, -0.2) is 0 Å². The van der Waals surface area contributed by atoms with E-state index in [2.05, 4.69) is 0 Å². The number of aliphatic carboxylic acids is 1. The Morgan fingerprint density at radius 3 is 2.53 bits per heavy atom. The van der Waals surface area contributed by atoms with Gasteiger partial charge in [0, 0.05) is 17.6 Å². The number of carbonyl (C=O) groups is 1. The van der Waals surface area contributed by atoms with Crippen molar-refractivity contribution in [3.05, 3.63) is 52.3 Å². The molecule has 0 aromatic heterocycles. The fourth-order valence-electron chi connectivity index (χ4n) is 3.26. The number of nitrogens with two attached hydrogens (primary N) is 1. The number of nitrogen functional groups attached to an aromatic ring is 1. The lowest BCUT2D eigenvalue weighted by Crippen LogP contribution is -2.20. The molecule has 0 fully saturated rings. The van der Waals surface area contributed by atoms with Crippen LogP contribution in [0.1, 0.15) is 45.1 Å². The largest absolute Gasteiger partial charge is 0.491 e. The average Bonchev–Trinajstić information content (AvgIpc) is 3.00. The summed E-state index contributed by atoms with van der Waals surface area (Å²) < 4.78 is 11.6. The molecule has 1 aromatic carbocycles. The molecule has 0 unspecified atom stereocenters. The van der Waals surface area contributed by atoms with E-state index in [-0.39, 0.29) is 23.3 Å². The summed E-state index contributed by atoms with van der Waals surface area (Å²) in [4.78, 5) is 10.6. The monoisotopic (exact) mass is 432 g/mol. The molecule has 1 heterocycles. The van der Waals surface area contributed by atoms with Gasteiger partial charge in [0.2, 0.25) is 0 Å². The maximum absolute atomic E-state index is 10.6. The minimum absolute atomic E-state index is 0.0208. The summed E-state index contributed by atoms with van der Waals surface area (Å²) in [5, 5.41) is 36.7. The number of rotatable bonds is 9. The van der Waals surface area contributed by atoms with E-state index in [0.29, 0.717) is 42.0 Å². The highest BCUT2D eigenvalue weighted by atomic mass is 16.5. The van der Waals surface area contributed by atoms with Gasteiger partial charge in [0.1, 0.15) is 35.1 Å². The van der Waals surface area contributed by atoms with E-state index in [1.54, 1.807) is 50.3 Å². The van der Waals surface area contributed by atoms with Crippen LogP contribution in [0.4, 0.5) is 5.69 Å². The lowest BCUT2D eigenvalue weighted by Gasteiger charge is -2.20. The van der Waals surface area contributed by atoms with E-state index in [4.69, 9.17) is 20.3 Å². The van der Waals surface area contributed by atoms with Crippen LogP contribution in [-0.4, -0.2) is 23.3 Å². The number of carboxylic acid groups (broad SMARTS) is 1. The van der Waals surface area contributed by atoms with Crippen LogP contribution >= 0.6 is 0 Å². The molecule has 0 saturated carbocycles. The quantitative estimate of drug-likeness (QED) is 0.334. The first-order valence-corrected chi connectivity index (χ1v) is 10.0. The molecule has 1 aliphatic heterocycles. The Morgan fingerprint density at radius 2 is 1.91 bits per heavy atom. The Hall–Kier alpha value is -4.22. The molecule has 0 aliphatic carbocycles. The lowest BCUT2D eigenvalue weighted by atomic mass is 9.94. The summed E-state index contributed by atoms with van der Waals surface area (Å²) in [5.41, 5.74) is 6.71. The molecular weight excluding hydrogens is 408 g/mol. The number of benzene rings is 1. The van der Waals surface area contributed by atoms with Gasteiger partial charge in [0.05, 0.1) is 12.3 Å². The van der Waals surface area contributed by atoms with Crippen molar-refractivity contribution >= 4 is 17.7 Å². The zero-order chi connectivity index (χ0) is 23.7. The number of nitrogens with zero attached hydrogens (tertiary/aromatic N) is 3. The van der Waals surface area contributed by atoms with Crippen molar-refractivity contribution in [3.8, 4) is 24.0 Å². The summed E-state index contributed by atoms with van der Waals surface area (Å²) >= 11 is 0. The minimum Gasteiger partial charge on any atom is -0.491 e.